The zero-order valence-electron chi connectivity index (χ0n) is 21.6. The quantitative estimate of drug-likeness (QED) is 0.315. The number of piperidine rings is 1. The number of hydrogen-bond acceptors (Lipinski definition) is 6. The Hall–Kier alpha value is -3.68. The number of rotatable bonds is 8. The molecule has 38 heavy (non-hydrogen) atoms. The van der Waals surface area contributed by atoms with Crippen molar-refractivity contribution in [3.63, 3.8) is 0 Å². The SMILES string of the molecule is CN[C@@H]1CCCN(C(=O)c2ccc(COc3ccc(-c4nc(Cc5cccc(Cl)c5)oc4C)cc3)nc2)C1. The van der Waals surface area contributed by atoms with Gasteiger partial charge in [0.1, 0.15) is 23.8 Å². The predicted molar refractivity (Wildman–Crippen MR) is 147 cm³/mol. The molecule has 196 valence electrons. The van der Waals surface area contributed by atoms with Gasteiger partial charge in [-0.2, -0.15) is 0 Å². The molecule has 0 aliphatic carbocycles. The molecule has 1 saturated heterocycles. The molecule has 0 spiro atoms. The minimum absolute atomic E-state index is 0.0272. The number of pyridine rings is 1. The van der Waals surface area contributed by atoms with E-state index in [1.165, 1.54) is 0 Å². The van der Waals surface area contributed by atoms with Crippen molar-refractivity contribution >= 4 is 17.5 Å². The summed E-state index contributed by atoms with van der Waals surface area (Å²) >= 11 is 6.10. The third-order valence-electron chi connectivity index (χ3n) is 6.79. The Morgan fingerprint density at radius 3 is 2.76 bits per heavy atom. The Kier molecular flexibility index (Phi) is 8.05. The molecule has 4 aromatic rings. The van der Waals surface area contributed by atoms with Crippen molar-refractivity contribution < 1.29 is 13.9 Å². The Labute approximate surface area is 227 Å². The van der Waals surface area contributed by atoms with E-state index in [1.54, 1.807) is 6.20 Å². The molecule has 2 aromatic heterocycles. The minimum Gasteiger partial charge on any atom is -0.487 e. The molecule has 7 nitrogen and oxygen atoms in total. The van der Waals surface area contributed by atoms with Gasteiger partial charge in [-0.1, -0.05) is 23.7 Å². The lowest BCUT2D eigenvalue weighted by Crippen LogP contribution is -2.46. The van der Waals surface area contributed by atoms with Crippen molar-refractivity contribution in [2.24, 2.45) is 0 Å². The maximum absolute atomic E-state index is 12.8. The third-order valence-corrected chi connectivity index (χ3v) is 7.02. The van der Waals surface area contributed by atoms with Crippen LogP contribution in [0.1, 0.15) is 46.1 Å². The van der Waals surface area contributed by atoms with Crippen LogP contribution >= 0.6 is 11.6 Å². The van der Waals surface area contributed by atoms with Crippen LogP contribution in [0.4, 0.5) is 0 Å². The van der Waals surface area contributed by atoms with Crippen molar-refractivity contribution in [3.8, 4) is 17.0 Å². The summed E-state index contributed by atoms with van der Waals surface area (Å²) in [6, 6.07) is 19.5. The van der Waals surface area contributed by atoms with Crippen LogP contribution < -0.4 is 10.1 Å². The smallest absolute Gasteiger partial charge is 0.255 e. The number of oxazole rings is 1. The highest BCUT2D eigenvalue weighted by Gasteiger charge is 2.23. The zero-order chi connectivity index (χ0) is 26.5. The lowest BCUT2D eigenvalue weighted by molar-refractivity contribution is 0.0697. The number of carbonyl (C=O) groups excluding carboxylic acids is 1. The van der Waals surface area contributed by atoms with Gasteiger partial charge in [0.15, 0.2) is 5.89 Å². The first-order chi connectivity index (χ1) is 18.5. The van der Waals surface area contributed by atoms with Crippen molar-refractivity contribution in [2.75, 3.05) is 20.1 Å². The van der Waals surface area contributed by atoms with Crippen molar-refractivity contribution in [1.82, 2.24) is 20.2 Å². The van der Waals surface area contributed by atoms with Crippen molar-refractivity contribution in [3.05, 3.63) is 100 Å². The second kappa shape index (κ2) is 11.8. The van der Waals surface area contributed by atoms with Gasteiger partial charge >= 0.3 is 0 Å². The molecule has 0 radical (unpaired) electrons. The van der Waals surface area contributed by atoms with Crippen LogP contribution in [0, 0.1) is 6.92 Å². The summed E-state index contributed by atoms with van der Waals surface area (Å²) in [7, 11) is 1.94. The summed E-state index contributed by atoms with van der Waals surface area (Å²) in [6.07, 6.45) is 4.32. The van der Waals surface area contributed by atoms with E-state index in [4.69, 9.17) is 25.7 Å². The van der Waals surface area contributed by atoms with E-state index in [0.717, 1.165) is 60.0 Å². The van der Waals surface area contributed by atoms with E-state index in [2.05, 4.69) is 10.3 Å². The number of nitrogens with zero attached hydrogens (tertiary/aromatic N) is 3. The Morgan fingerprint density at radius 1 is 1.18 bits per heavy atom. The summed E-state index contributed by atoms with van der Waals surface area (Å²) in [5, 5.41) is 3.97. The highest BCUT2D eigenvalue weighted by atomic mass is 35.5. The molecule has 0 saturated carbocycles. The van der Waals surface area contributed by atoms with Crippen LogP contribution in [0.15, 0.2) is 71.3 Å². The van der Waals surface area contributed by atoms with E-state index in [0.29, 0.717) is 35.5 Å². The fourth-order valence-electron chi connectivity index (χ4n) is 4.70. The molecule has 1 atom stereocenters. The highest BCUT2D eigenvalue weighted by molar-refractivity contribution is 6.30. The zero-order valence-corrected chi connectivity index (χ0v) is 22.4. The summed E-state index contributed by atoms with van der Waals surface area (Å²) in [5.74, 6) is 2.16. The number of carbonyl (C=O) groups is 1. The standard InChI is InChI=1S/C30H31ClN4O3/c1-20-29(34-28(38-20)16-21-5-3-6-24(31)15-21)22-9-12-27(13-10-22)37-19-26-11-8-23(17-33-26)30(36)35-14-4-7-25(18-35)32-2/h3,5-6,8-13,15,17,25,32H,4,7,14,16,18-19H2,1-2H3/t25-/m1/s1. The number of aromatic nitrogens is 2. The normalized spacial score (nSPS) is 15.4. The van der Waals surface area contributed by atoms with Gasteiger partial charge in [-0.15, -0.1) is 0 Å². The van der Waals surface area contributed by atoms with E-state index >= 15 is 0 Å². The molecule has 3 heterocycles. The fourth-order valence-corrected chi connectivity index (χ4v) is 4.91. The van der Waals surface area contributed by atoms with Crippen LogP contribution in [0.25, 0.3) is 11.3 Å². The second-order valence-corrected chi connectivity index (χ2v) is 9.99. The fraction of sp³-hybridized carbons (Fsp3) is 0.300. The number of benzene rings is 2. The minimum atomic E-state index is 0.0272. The summed E-state index contributed by atoms with van der Waals surface area (Å²) in [5.41, 5.74) is 4.18. The predicted octanol–water partition coefficient (Wildman–Crippen LogP) is 5.69. The monoisotopic (exact) mass is 530 g/mol. The van der Waals surface area contributed by atoms with Crippen LogP contribution in [0.5, 0.6) is 5.75 Å². The van der Waals surface area contributed by atoms with Gasteiger partial charge in [0.05, 0.1) is 11.3 Å². The number of likely N-dealkylation sites (tertiary alicyclic amines) is 1. The van der Waals surface area contributed by atoms with Crippen LogP contribution in [-0.4, -0.2) is 47.0 Å². The molecule has 0 bridgehead atoms. The summed E-state index contributed by atoms with van der Waals surface area (Å²) in [4.78, 5) is 23.9. The van der Waals surface area contributed by atoms with Gasteiger partial charge in [-0.05, 0) is 80.9 Å². The first kappa shape index (κ1) is 25.9. The van der Waals surface area contributed by atoms with E-state index in [9.17, 15) is 4.79 Å². The van der Waals surface area contributed by atoms with Gasteiger partial charge < -0.3 is 19.4 Å². The van der Waals surface area contributed by atoms with Gasteiger partial charge in [0, 0.05) is 42.3 Å². The van der Waals surface area contributed by atoms with E-state index in [-0.39, 0.29) is 5.91 Å². The molecule has 1 aliphatic heterocycles. The lowest BCUT2D eigenvalue weighted by Gasteiger charge is -2.32. The van der Waals surface area contributed by atoms with Gasteiger partial charge in [0.25, 0.3) is 5.91 Å². The summed E-state index contributed by atoms with van der Waals surface area (Å²) < 4.78 is 11.8. The largest absolute Gasteiger partial charge is 0.487 e. The third kappa shape index (κ3) is 6.23. The Bertz CT molecular complexity index is 1390. The molecule has 1 amide bonds. The first-order valence-corrected chi connectivity index (χ1v) is 13.2. The maximum atomic E-state index is 12.8. The number of ether oxygens (including phenoxy) is 1. The molecular formula is C30H31ClN4O3. The number of halogens is 1. The number of aryl methyl sites for hydroxylation is 1. The molecule has 2 aromatic carbocycles. The Morgan fingerprint density at radius 2 is 2.03 bits per heavy atom. The molecular weight excluding hydrogens is 500 g/mol. The molecule has 1 aliphatic rings. The molecule has 5 rings (SSSR count). The molecule has 1 fully saturated rings. The average Bonchev–Trinajstić information content (AvgIpc) is 3.31. The van der Waals surface area contributed by atoms with E-state index < -0.39 is 0 Å². The second-order valence-electron chi connectivity index (χ2n) is 9.55. The van der Waals surface area contributed by atoms with Crippen LogP contribution in [-0.2, 0) is 13.0 Å². The van der Waals surface area contributed by atoms with E-state index in [1.807, 2.05) is 79.5 Å². The van der Waals surface area contributed by atoms with Crippen molar-refractivity contribution in [1.29, 1.82) is 0 Å². The molecule has 0 unspecified atom stereocenters. The topological polar surface area (TPSA) is 80.5 Å². The highest BCUT2D eigenvalue weighted by Crippen LogP contribution is 2.27. The summed E-state index contributed by atoms with van der Waals surface area (Å²) in [6.45, 7) is 3.74. The maximum Gasteiger partial charge on any atom is 0.255 e. The molecule has 8 heteroatoms. The lowest BCUT2D eigenvalue weighted by atomic mass is 10.1. The van der Waals surface area contributed by atoms with Gasteiger partial charge in [-0.3, -0.25) is 9.78 Å². The van der Waals surface area contributed by atoms with Gasteiger partial charge in [0.2, 0.25) is 0 Å². The first-order valence-electron chi connectivity index (χ1n) is 12.8. The molecule has 1 N–H and O–H groups in total. The number of amides is 1. The van der Waals surface area contributed by atoms with Crippen molar-refractivity contribution in [2.45, 2.75) is 38.8 Å². The van der Waals surface area contributed by atoms with Crippen LogP contribution in [0.3, 0.4) is 0 Å². The Balaban J connectivity index is 1.17. The van der Waals surface area contributed by atoms with Gasteiger partial charge in [-0.25, -0.2) is 4.98 Å². The number of hydrogen-bond donors (Lipinski definition) is 1. The average molecular weight is 531 g/mol. The number of nitrogens with one attached hydrogen (secondary N) is 1. The number of likely N-dealkylation sites (N-methyl/N-ethyl adjacent to an activating group) is 1. The van der Waals surface area contributed by atoms with Crippen LogP contribution in [0.2, 0.25) is 5.02 Å².